The van der Waals surface area contributed by atoms with Gasteiger partial charge in [-0.1, -0.05) is 6.07 Å². The quantitative estimate of drug-likeness (QED) is 0.445. The van der Waals surface area contributed by atoms with Crippen molar-refractivity contribution in [2.45, 2.75) is 44.6 Å². The first-order chi connectivity index (χ1) is 17.1. The van der Waals surface area contributed by atoms with Crippen LogP contribution in [-0.2, 0) is 22.4 Å². The SMILES string of the molecule is NC=CC(CCCc1ccc2c(n1)NCCC2)=NC(CC(=O)O)c1cncc(N2CCOCC2)c1. The third kappa shape index (κ3) is 7.02. The Bertz CT molecular complexity index is 1060. The van der Waals surface area contributed by atoms with E-state index in [4.69, 9.17) is 20.4 Å². The van der Waals surface area contributed by atoms with Gasteiger partial charge < -0.3 is 25.8 Å². The Labute approximate surface area is 206 Å². The van der Waals surface area contributed by atoms with E-state index in [0.717, 1.165) is 73.8 Å². The highest BCUT2D eigenvalue weighted by Crippen LogP contribution is 2.26. The van der Waals surface area contributed by atoms with Crippen LogP contribution in [0.25, 0.3) is 0 Å². The van der Waals surface area contributed by atoms with Crippen molar-refractivity contribution in [3.63, 3.8) is 0 Å². The van der Waals surface area contributed by atoms with Crippen LogP contribution >= 0.6 is 0 Å². The number of ether oxygens (including phenoxy) is 1. The molecule has 0 aromatic carbocycles. The molecule has 0 bridgehead atoms. The molecule has 35 heavy (non-hydrogen) atoms. The molecule has 0 saturated carbocycles. The summed E-state index contributed by atoms with van der Waals surface area (Å²) < 4.78 is 5.44. The molecule has 1 unspecified atom stereocenters. The fraction of sp³-hybridized carbons (Fsp3) is 0.462. The van der Waals surface area contributed by atoms with Gasteiger partial charge in [0.2, 0.25) is 0 Å². The molecule has 0 radical (unpaired) electrons. The largest absolute Gasteiger partial charge is 0.481 e. The van der Waals surface area contributed by atoms with Gasteiger partial charge in [0.25, 0.3) is 0 Å². The summed E-state index contributed by atoms with van der Waals surface area (Å²) in [4.78, 5) is 27.8. The van der Waals surface area contributed by atoms with Crippen LogP contribution in [0.4, 0.5) is 11.5 Å². The van der Waals surface area contributed by atoms with E-state index in [-0.39, 0.29) is 6.42 Å². The zero-order valence-electron chi connectivity index (χ0n) is 20.0. The number of fused-ring (bicyclic) bond motifs is 1. The molecule has 0 spiro atoms. The number of nitrogens with one attached hydrogen (secondary N) is 1. The molecular formula is C26H34N6O3. The number of pyridine rings is 2. The molecule has 1 atom stereocenters. The van der Waals surface area contributed by atoms with E-state index >= 15 is 0 Å². The number of rotatable bonds is 10. The number of carboxylic acid groups (broad SMARTS) is 1. The van der Waals surface area contributed by atoms with Crippen LogP contribution in [0.3, 0.4) is 0 Å². The van der Waals surface area contributed by atoms with E-state index in [1.165, 1.54) is 11.8 Å². The number of nitrogens with two attached hydrogens (primary N) is 1. The van der Waals surface area contributed by atoms with Gasteiger partial charge in [-0.25, -0.2) is 4.98 Å². The van der Waals surface area contributed by atoms with Crippen LogP contribution in [0.1, 0.15) is 48.5 Å². The maximum absolute atomic E-state index is 11.7. The third-order valence-electron chi connectivity index (χ3n) is 6.30. The second-order valence-electron chi connectivity index (χ2n) is 8.86. The van der Waals surface area contributed by atoms with E-state index in [1.54, 1.807) is 18.5 Å². The highest BCUT2D eigenvalue weighted by atomic mass is 16.5. The van der Waals surface area contributed by atoms with Crippen LogP contribution in [0.5, 0.6) is 0 Å². The molecule has 1 fully saturated rings. The number of aryl methyl sites for hydroxylation is 2. The summed E-state index contributed by atoms with van der Waals surface area (Å²) in [7, 11) is 0. The fourth-order valence-electron chi connectivity index (χ4n) is 4.49. The summed E-state index contributed by atoms with van der Waals surface area (Å²) in [5.74, 6) is 0.0935. The van der Waals surface area contributed by atoms with Gasteiger partial charge in [0.05, 0.1) is 37.6 Å². The summed E-state index contributed by atoms with van der Waals surface area (Å²) in [6, 6.07) is 5.70. The first kappa shape index (κ1) is 24.7. The van der Waals surface area contributed by atoms with Gasteiger partial charge in [-0.2, -0.15) is 0 Å². The number of carbonyl (C=O) groups is 1. The Balaban J connectivity index is 1.47. The fourth-order valence-corrected chi connectivity index (χ4v) is 4.49. The van der Waals surface area contributed by atoms with E-state index in [1.807, 2.05) is 6.07 Å². The van der Waals surface area contributed by atoms with Crippen LogP contribution < -0.4 is 16.0 Å². The summed E-state index contributed by atoms with van der Waals surface area (Å²) in [6.45, 7) is 3.87. The van der Waals surface area contributed by atoms with Gasteiger partial charge in [-0.3, -0.25) is 14.8 Å². The van der Waals surface area contributed by atoms with E-state index in [2.05, 4.69) is 27.3 Å². The van der Waals surface area contributed by atoms with E-state index < -0.39 is 12.0 Å². The molecule has 4 rings (SSSR count). The van der Waals surface area contributed by atoms with Crippen molar-refractivity contribution in [1.29, 1.82) is 0 Å². The van der Waals surface area contributed by atoms with Gasteiger partial charge in [-0.05, 0) is 67.6 Å². The number of carboxylic acids is 1. The van der Waals surface area contributed by atoms with E-state index in [0.29, 0.717) is 19.6 Å². The summed E-state index contributed by atoms with van der Waals surface area (Å²) in [6.07, 6.45) is 11.1. The number of aromatic nitrogens is 2. The van der Waals surface area contributed by atoms with Crippen LogP contribution in [0.2, 0.25) is 0 Å². The Morgan fingerprint density at radius 1 is 1.31 bits per heavy atom. The van der Waals surface area contributed by atoms with E-state index in [9.17, 15) is 9.90 Å². The predicted octanol–water partition coefficient (Wildman–Crippen LogP) is 3.12. The first-order valence-corrected chi connectivity index (χ1v) is 12.3. The normalized spacial score (nSPS) is 17.1. The molecule has 2 aromatic rings. The standard InChI is InChI=1S/C26H34N6O3/c27-9-8-22(5-1-4-21-7-6-19-3-2-10-29-26(19)31-21)30-24(16-25(33)34)20-15-23(18-28-17-20)32-11-13-35-14-12-32/h6-9,15,17-18,24H,1-5,10-14,16,27H2,(H,29,31)(H,33,34). The number of nitrogens with zero attached hydrogens (tertiary/aromatic N) is 4. The number of hydrogen-bond donors (Lipinski definition) is 3. The van der Waals surface area contributed by atoms with Gasteiger partial charge in [0.15, 0.2) is 0 Å². The molecule has 1 saturated heterocycles. The third-order valence-corrected chi connectivity index (χ3v) is 6.30. The van der Waals surface area contributed by atoms with Crippen molar-refractivity contribution >= 4 is 23.2 Å². The number of aliphatic imine (C=N–C) groups is 1. The maximum atomic E-state index is 11.7. The zero-order valence-corrected chi connectivity index (χ0v) is 20.0. The molecule has 4 heterocycles. The van der Waals surface area contributed by atoms with Crippen molar-refractivity contribution in [2.75, 3.05) is 43.1 Å². The van der Waals surface area contributed by atoms with Crippen LogP contribution in [0.15, 0.2) is 47.9 Å². The Kier molecular flexibility index (Phi) is 8.67. The van der Waals surface area contributed by atoms with Crippen LogP contribution in [-0.4, -0.2) is 59.6 Å². The number of anilines is 2. The highest BCUT2D eigenvalue weighted by Gasteiger charge is 2.19. The second-order valence-corrected chi connectivity index (χ2v) is 8.86. The Morgan fingerprint density at radius 3 is 2.97 bits per heavy atom. The average molecular weight is 479 g/mol. The highest BCUT2D eigenvalue weighted by molar-refractivity contribution is 5.95. The summed E-state index contributed by atoms with van der Waals surface area (Å²) in [5, 5.41) is 12.9. The minimum Gasteiger partial charge on any atom is -0.481 e. The molecule has 9 heteroatoms. The molecule has 9 nitrogen and oxygen atoms in total. The number of morpholine rings is 1. The lowest BCUT2D eigenvalue weighted by molar-refractivity contribution is -0.137. The minimum atomic E-state index is -0.905. The second kappa shape index (κ2) is 12.3. The minimum absolute atomic E-state index is 0.117. The molecule has 4 N–H and O–H groups in total. The number of aliphatic carboxylic acids is 1. The van der Waals surface area contributed by atoms with Crippen LogP contribution in [0, 0.1) is 0 Å². The lowest BCUT2D eigenvalue weighted by Gasteiger charge is -2.29. The molecule has 186 valence electrons. The number of hydrogen-bond acceptors (Lipinski definition) is 8. The van der Waals surface area contributed by atoms with Gasteiger partial charge in [0, 0.05) is 37.2 Å². The first-order valence-electron chi connectivity index (χ1n) is 12.3. The average Bonchev–Trinajstić information content (AvgIpc) is 2.88. The zero-order chi connectivity index (χ0) is 24.5. The topological polar surface area (TPSA) is 126 Å². The smallest absolute Gasteiger partial charge is 0.305 e. The van der Waals surface area contributed by atoms with Crippen molar-refractivity contribution < 1.29 is 14.6 Å². The Morgan fingerprint density at radius 2 is 2.17 bits per heavy atom. The molecule has 2 aliphatic heterocycles. The molecule has 2 aromatic heterocycles. The van der Waals surface area contributed by atoms with Crippen molar-refractivity contribution in [3.8, 4) is 0 Å². The molecular weight excluding hydrogens is 444 g/mol. The van der Waals surface area contributed by atoms with Crippen molar-refractivity contribution in [3.05, 3.63) is 59.7 Å². The monoisotopic (exact) mass is 478 g/mol. The summed E-state index contributed by atoms with van der Waals surface area (Å²) >= 11 is 0. The lowest BCUT2D eigenvalue weighted by atomic mass is 10.0. The van der Waals surface area contributed by atoms with Gasteiger partial charge in [-0.15, -0.1) is 0 Å². The van der Waals surface area contributed by atoms with Gasteiger partial charge >= 0.3 is 5.97 Å². The van der Waals surface area contributed by atoms with Crippen molar-refractivity contribution in [1.82, 2.24) is 9.97 Å². The maximum Gasteiger partial charge on any atom is 0.305 e. The Hall–Kier alpha value is -3.46. The summed E-state index contributed by atoms with van der Waals surface area (Å²) in [5.41, 5.74) is 10.5. The predicted molar refractivity (Wildman–Crippen MR) is 137 cm³/mol. The molecule has 2 aliphatic rings. The lowest BCUT2D eigenvalue weighted by Crippen LogP contribution is -2.36. The molecule has 0 amide bonds. The van der Waals surface area contributed by atoms with Gasteiger partial charge in [0.1, 0.15) is 5.82 Å². The molecule has 0 aliphatic carbocycles. The number of allylic oxidation sites excluding steroid dienone is 1. The van der Waals surface area contributed by atoms with Crippen molar-refractivity contribution in [2.24, 2.45) is 10.7 Å².